The average molecular weight is 967 g/mol. The van der Waals surface area contributed by atoms with Crippen LogP contribution in [0, 0.1) is 21.4 Å². The maximum Gasteiger partial charge on any atom is 0.293 e. The number of carbonyl (C=O) groups excluding carboxylic acids is 1. The molecule has 69 heavy (non-hydrogen) atoms. The number of benzene rings is 3. The molecule has 4 aliphatic heterocycles. The maximum atomic E-state index is 13.3. The minimum atomic E-state index is -4.40. The average Bonchev–Trinajstić information content (AvgIpc) is 3.35. The molecule has 1 aliphatic carbocycles. The quantitative estimate of drug-likeness (QED) is 0.0875. The molecule has 0 bridgehead atoms. The number of morpholine rings is 1. The first-order valence-corrected chi connectivity index (χ1v) is 26.0. The van der Waals surface area contributed by atoms with E-state index in [1.54, 1.807) is 19.2 Å². The van der Waals surface area contributed by atoms with Crippen molar-refractivity contribution >= 4 is 38.8 Å². The van der Waals surface area contributed by atoms with E-state index < -0.39 is 20.9 Å². The molecule has 1 saturated carbocycles. The molecule has 5 fully saturated rings. The molecule has 1 amide bonds. The highest BCUT2D eigenvalue weighted by atomic mass is 32.2. The van der Waals surface area contributed by atoms with E-state index in [0.717, 1.165) is 126 Å². The van der Waals surface area contributed by atoms with Crippen molar-refractivity contribution in [1.29, 1.82) is 0 Å². The number of piperazine rings is 1. The number of hydrogen-bond acceptors (Lipinski definition) is 15. The highest BCUT2D eigenvalue weighted by Gasteiger charge is 2.50. The number of aromatic nitrogens is 1. The van der Waals surface area contributed by atoms with Gasteiger partial charge in [0.25, 0.3) is 21.6 Å². The van der Waals surface area contributed by atoms with E-state index in [-0.39, 0.29) is 39.4 Å². The summed E-state index contributed by atoms with van der Waals surface area (Å²) in [5.74, 6) is 2.10. The molecule has 1 spiro atoms. The predicted octanol–water partition coefficient (Wildman–Crippen LogP) is 6.89. The lowest BCUT2D eigenvalue weighted by Crippen LogP contribution is -2.59. The number of para-hydroxylation sites is 1. The summed E-state index contributed by atoms with van der Waals surface area (Å²) in [6, 6.07) is 21.9. The van der Waals surface area contributed by atoms with Crippen molar-refractivity contribution in [3.05, 3.63) is 106 Å². The summed E-state index contributed by atoms with van der Waals surface area (Å²) in [6.45, 7) is 14.2. The summed E-state index contributed by atoms with van der Waals surface area (Å²) in [6.07, 6.45) is 8.15. The molecule has 4 aromatic rings. The number of amides is 1. The van der Waals surface area contributed by atoms with Gasteiger partial charge in [0.1, 0.15) is 11.4 Å². The molecule has 18 heteroatoms. The summed E-state index contributed by atoms with van der Waals surface area (Å²) in [5.41, 5.74) is 3.63. The zero-order chi connectivity index (χ0) is 48.1. The fourth-order valence-electron chi connectivity index (χ4n) is 10.9. The van der Waals surface area contributed by atoms with Crippen molar-refractivity contribution < 1.29 is 37.1 Å². The topological polar surface area (TPSA) is 181 Å². The third-order valence-electron chi connectivity index (χ3n) is 14.7. The van der Waals surface area contributed by atoms with Crippen molar-refractivity contribution in [2.75, 3.05) is 101 Å². The number of carbonyl (C=O) groups is 1. The van der Waals surface area contributed by atoms with Gasteiger partial charge in [-0.1, -0.05) is 18.2 Å². The minimum absolute atomic E-state index is 0.0571. The minimum Gasteiger partial charge on any atom is -0.493 e. The Morgan fingerprint density at radius 2 is 1.62 bits per heavy atom. The van der Waals surface area contributed by atoms with Gasteiger partial charge in [0.15, 0.2) is 11.6 Å². The number of piperidine rings is 1. The smallest absolute Gasteiger partial charge is 0.293 e. The molecule has 4 saturated heterocycles. The number of rotatable bonds is 16. The van der Waals surface area contributed by atoms with Crippen LogP contribution < -0.4 is 29.3 Å². The van der Waals surface area contributed by atoms with E-state index in [4.69, 9.17) is 23.9 Å². The first-order valence-electron chi connectivity index (χ1n) is 24.5. The van der Waals surface area contributed by atoms with Gasteiger partial charge in [-0.15, -0.1) is 0 Å². The van der Waals surface area contributed by atoms with E-state index >= 15 is 0 Å². The normalized spacial score (nSPS) is 20.7. The standard InChI is InChI=1S/C51H66N8O9S/c1-36(2)68-47-7-5-4-6-43(47)46-35-55(34-38-28-48(65-3)49(53-33-38)57-22-26-67-27-23-57)20-21-58(46)41-30-51(31-41)16-18-56(19-17-51)40-10-8-39(9-11-40)50(60)54-69(63,64)42-12-13-44(45(29-42)59(61)62)52-32-37-14-24-66-25-15-37/h4-13,28-29,33,36-37,41,46,52H,14-27,30-32,34-35H2,1-3H3,(H,54,60)/t46-/m1/s1. The molecule has 1 aromatic heterocycles. The fraction of sp³-hybridized carbons (Fsp3) is 0.529. The number of anilines is 3. The molecule has 0 radical (unpaired) electrons. The van der Waals surface area contributed by atoms with Crippen LogP contribution in [0.25, 0.3) is 0 Å². The van der Waals surface area contributed by atoms with Crippen molar-refractivity contribution in [1.82, 2.24) is 19.5 Å². The van der Waals surface area contributed by atoms with E-state index in [2.05, 4.69) is 73.8 Å². The van der Waals surface area contributed by atoms with Gasteiger partial charge in [0, 0.05) is 107 Å². The number of sulfonamides is 1. The summed E-state index contributed by atoms with van der Waals surface area (Å²) < 4.78 is 52.0. The van der Waals surface area contributed by atoms with Crippen LogP contribution in [0.2, 0.25) is 0 Å². The summed E-state index contributed by atoms with van der Waals surface area (Å²) in [5, 5.41) is 15.0. The molecular weight excluding hydrogens is 901 g/mol. The second-order valence-corrected chi connectivity index (χ2v) is 21.2. The monoisotopic (exact) mass is 966 g/mol. The highest BCUT2D eigenvalue weighted by Crippen LogP contribution is 2.53. The van der Waals surface area contributed by atoms with Crippen LogP contribution in [0.3, 0.4) is 0 Å². The van der Waals surface area contributed by atoms with Crippen molar-refractivity contribution in [2.24, 2.45) is 11.3 Å². The molecule has 17 nitrogen and oxygen atoms in total. The van der Waals surface area contributed by atoms with Gasteiger partial charge in [-0.05, 0) is 118 Å². The van der Waals surface area contributed by atoms with Gasteiger partial charge >= 0.3 is 0 Å². The van der Waals surface area contributed by atoms with E-state index in [1.165, 1.54) is 17.7 Å². The number of ether oxygens (including phenoxy) is 4. The van der Waals surface area contributed by atoms with Crippen molar-refractivity contribution in [3.63, 3.8) is 0 Å². The first-order chi connectivity index (χ1) is 33.4. The molecule has 9 rings (SSSR count). The van der Waals surface area contributed by atoms with Crippen LogP contribution in [-0.4, -0.2) is 132 Å². The predicted molar refractivity (Wildman–Crippen MR) is 264 cm³/mol. The van der Waals surface area contributed by atoms with Gasteiger partial charge in [-0.25, -0.2) is 18.1 Å². The molecule has 2 N–H and O–H groups in total. The number of nitrogens with zero attached hydrogens (tertiary/aromatic N) is 6. The number of nitro benzene ring substituents is 1. The van der Waals surface area contributed by atoms with E-state index in [9.17, 15) is 23.3 Å². The Hall–Kier alpha value is -5.53. The van der Waals surface area contributed by atoms with E-state index in [1.807, 2.05) is 18.3 Å². The molecule has 370 valence electrons. The Kier molecular flexibility index (Phi) is 14.9. The van der Waals surface area contributed by atoms with Crippen LogP contribution in [0.15, 0.2) is 83.9 Å². The summed E-state index contributed by atoms with van der Waals surface area (Å²) in [7, 11) is -2.68. The number of methoxy groups -OCH3 is 1. The van der Waals surface area contributed by atoms with Gasteiger partial charge in [-0.2, -0.15) is 0 Å². The second kappa shape index (κ2) is 21.2. The molecule has 5 heterocycles. The highest BCUT2D eigenvalue weighted by molar-refractivity contribution is 7.90. The zero-order valence-corrected chi connectivity index (χ0v) is 40.8. The molecule has 1 atom stereocenters. The van der Waals surface area contributed by atoms with E-state index in [0.29, 0.717) is 44.9 Å². The Labute approximate surface area is 405 Å². The summed E-state index contributed by atoms with van der Waals surface area (Å²) in [4.78, 5) is 39.0. The Morgan fingerprint density at radius 1 is 0.899 bits per heavy atom. The zero-order valence-electron chi connectivity index (χ0n) is 40.0. The number of nitro groups is 1. The lowest BCUT2D eigenvalue weighted by atomic mass is 9.59. The van der Waals surface area contributed by atoms with Crippen molar-refractivity contribution in [2.45, 2.75) is 82.0 Å². The number of nitrogens with one attached hydrogen (secondary N) is 2. The van der Waals surface area contributed by atoms with Crippen LogP contribution >= 0.6 is 0 Å². The largest absolute Gasteiger partial charge is 0.493 e. The van der Waals surface area contributed by atoms with Gasteiger partial charge < -0.3 is 34.1 Å². The third-order valence-corrected chi connectivity index (χ3v) is 16.1. The van der Waals surface area contributed by atoms with Gasteiger partial charge in [-0.3, -0.25) is 24.7 Å². The lowest BCUT2D eigenvalue weighted by Gasteiger charge is -2.58. The Bertz CT molecular complexity index is 2540. The maximum absolute atomic E-state index is 13.3. The first kappa shape index (κ1) is 48.5. The SMILES string of the molecule is COc1cc(CN2CCN(C3CC4(CCN(c5ccc(C(=O)NS(=O)(=O)c6ccc(NCC7CCOCC7)c([N+](=O)[O-])c6)cc5)CC4)C3)[C@@H](c3ccccc3OC(C)C)C2)cnc1N1CCOCC1. The number of hydrogen-bond donors (Lipinski definition) is 2. The third kappa shape index (κ3) is 11.3. The molecule has 5 aliphatic rings. The van der Waals surface area contributed by atoms with Crippen LogP contribution in [0.1, 0.15) is 79.9 Å². The molecule has 0 unspecified atom stereocenters. The van der Waals surface area contributed by atoms with Crippen molar-refractivity contribution in [3.8, 4) is 11.5 Å². The second-order valence-electron chi connectivity index (χ2n) is 19.6. The van der Waals surface area contributed by atoms with Crippen LogP contribution in [-0.2, 0) is 26.0 Å². The Morgan fingerprint density at radius 3 is 2.33 bits per heavy atom. The molecule has 3 aromatic carbocycles. The van der Waals surface area contributed by atoms with Crippen LogP contribution in [0.4, 0.5) is 22.9 Å². The van der Waals surface area contributed by atoms with Gasteiger partial charge in [0.05, 0.1) is 42.3 Å². The van der Waals surface area contributed by atoms with Crippen LogP contribution in [0.5, 0.6) is 11.5 Å². The summed E-state index contributed by atoms with van der Waals surface area (Å²) >= 11 is 0. The Balaban J connectivity index is 0.805. The molecular formula is C51H66N8O9S. The number of pyridine rings is 1. The van der Waals surface area contributed by atoms with Gasteiger partial charge in [0.2, 0.25) is 0 Å². The lowest BCUT2D eigenvalue weighted by molar-refractivity contribution is -0.384. The fourth-order valence-corrected chi connectivity index (χ4v) is 11.9.